The second kappa shape index (κ2) is 9.80. The van der Waals surface area contributed by atoms with Gasteiger partial charge in [-0.3, -0.25) is 0 Å². The van der Waals surface area contributed by atoms with Gasteiger partial charge in [0.2, 0.25) is 11.8 Å². The molecule has 0 amide bonds. The Kier molecular flexibility index (Phi) is 7.18. The number of aliphatic hydroxyl groups is 1. The predicted molar refractivity (Wildman–Crippen MR) is 105 cm³/mol. The third-order valence-electron chi connectivity index (χ3n) is 5.09. The van der Waals surface area contributed by atoms with Gasteiger partial charge in [-0.1, -0.05) is 13.3 Å². The molecule has 27 heavy (non-hydrogen) atoms. The molecule has 0 unspecified atom stereocenters. The molecule has 2 N–H and O–H groups in total. The number of nitrogens with one attached hydrogen (secondary N) is 1. The Labute approximate surface area is 160 Å². The Hall–Kier alpha value is -1.99. The van der Waals surface area contributed by atoms with Crippen molar-refractivity contribution in [2.75, 3.05) is 32.2 Å². The van der Waals surface area contributed by atoms with Crippen molar-refractivity contribution in [1.82, 2.24) is 15.0 Å². The molecule has 7 nitrogen and oxygen atoms in total. The lowest BCUT2D eigenvalue weighted by Crippen LogP contribution is -2.18. The summed E-state index contributed by atoms with van der Waals surface area (Å²) in [6.07, 6.45) is 9.25. The fourth-order valence-corrected chi connectivity index (χ4v) is 3.50. The molecule has 0 aromatic carbocycles. The van der Waals surface area contributed by atoms with Gasteiger partial charge in [-0.25, -0.2) is 15.0 Å². The maximum Gasteiger partial charge on any atom is 0.224 e. The second-order valence-corrected chi connectivity index (χ2v) is 7.10. The summed E-state index contributed by atoms with van der Waals surface area (Å²) in [6, 6.07) is 0. The number of fused-ring (bicyclic) bond motifs is 1. The molecule has 0 atom stereocenters. The van der Waals surface area contributed by atoms with Crippen LogP contribution in [0.2, 0.25) is 0 Å². The van der Waals surface area contributed by atoms with Crippen LogP contribution in [0.3, 0.4) is 0 Å². The molecular formula is C20H30N4O3. The molecule has 1 aliphatic carbocycles. The Balaban J connectivity index is 1.92. The first-order valence-electron chi connectivity index (χ1n) is 9.92. The van der Waals surface area contributed by atoms with Gasteiger partial charge < -0.3 is 19.9 Å². The van der Waals surface area contributed by atoms with E-state index in [1.807, 2.05) is 6.20 Å². The molecule has 1 saturated carbocycles. The molecule has 1 aliphatic rings. The normalized spacial score (nSPS) is 20.0. The fraction of sp³-hybridized carbons (Fsp3) is 0.650. The lowest BCUT2D eigenvalue weighted by molar-refractivity contribution is 0.122. The average molecular weight is 374 g/mol. The highest BCUT2D eigenvalue weighted by molar-refractivity contribution is 5.86. The van der Waals surface area contributed by atoms with Crippen LogP contribution in [0, 0.1) is 0 Å². The standard InChI is InChI=1S/C20H30N4O3/c1-3-4-9-21-20-23-13-17-18(24-20)16(14-5-7-15(25)8-6-14)12-22-19(17)27-11-10-26-2/h12-15,25H,3-11H2,1-2H3,(H,21,23,24). The number of unbranched alkanes of at least 4 members (excludes halogenated alkanes) is 1. The van der Waals surface area contributed by atoms with Crippen molar-refractivity contribution in [1.29, 1.82) is 0 Å². The zero-order chi connectivity index (χ0) is 19.1. The van der Waals surface area contributed by atoms with Crippen LogP contribution in [0.25, 0.3) is 10.9 Å². The highest BCUT2D eigenvalue weighted by atomic mass is 16.5. The van der Waals surface area contributed by atoms with Gasteiger partial charge in [0, 0.05) is 31.6 Å². The minimum atomic E-state index is -0.182. The van der Waals surface area contributed by atoms with Crippen molar-refractivity contribution in [3.63, 3.8) is 0 Å². The van der Waals surface area contributed by atoms with Gasteiger partial charge >= 0.3 is 0 Å². The lowest BCUT2D eigenvalue weighted by atomic mass is 9.83. The van der Waals surface area contributed by atoms with Crippen molar-refractivity contribution in [3.8, 4) is 5.88 Å². The number of hydrogen-bond donors (Lipinski definition) is 2. The number of nitrogens with zero attached hydrogens (tertiary/aromatic N) is 3. The Bertz CT molecular complexity index is 732. The summed E-state index contributed by atoms with van der Waals surface area (Å²) in [6.45, 7) is 3.95. The predicted octanol–water partition coefficient (Wildman–Crippen LogP) is 3.28. The summed E-state index contributed by atoms with van der Waals surface area (Å²) in [4.78, 5) is 13.8. The van der Waals surface area contributed by atoms with Crippen LogP contribution >= 0.6 is 0 Å². The van der Waals surface area contributed by atoms with Gasteiger partial charge in [0.1, 0.15) is 6.61 Å². The number of anilines is 1. The topological polar surface area (TPSA) is 89.4 Å². The van der Waals surface area contributed by atoms with Gasteiger partial charge in [0.15, 0.2) is 0 Å². The molecule has 0 bridgehead atoms. The maximum absolute atomic E-state index is 9.83. The van der Waals surface area contributed by atoms with Crippen LogP contribution in [0.15, 0.2) is 12.4 Å². The zero-order valence-corrected chi connectivity index (χ0v) is 16.3. The van der Waals surface area contributed by atoms with E-state index in [2.05, 4.69) is 22.2 Å². The van der Waals surface area contributed by atoms with Crippen molar-refractivity contribution >= 4 is 16.9 Å². The molecule has 3 rings (SSSR count). The third-order valence-corrected chi connectivity index (χ3v) is 5.09. The van der Waals surface area contributed by atoms with E-state index in [1.54, 1.807) is 13.3 Å². The SMILES string of the molecule is CCCCNc1ncc2c(OCCOC)ncc(C3CCC(O)CC3)c2n1. The van der Waals surface area contributed by atoms with E-state index in [0.29, 0.717) is 31.0 Å². The van der Waals surface area contributed by atoms with Gasteiger partial charge in [-0.05, 0) is 38.0 Å². The quantitative estimate of drug-likeness (QED) is 0.651. The number of pyridine rings is 1. The first kappa shape index (κ1) is 19.8. The zero-order valence-electron chi connectivity index (χ0n) is 16.3. The molecule has 2 aromatic rings. The highest BCUT2D eigenvalue weighted by Gasteiger charge is 2.24. The molecule has 0 radical (unpaired) electrons. The molecule has 0 spiro atoms. The number of aliphatic hydroxyl groups excluding tert-OH is 1. The molecular weight excluding hydrogens is 344 g/mol. The van der Waals surface area contributed by atoms with Crippen LogP contribution in [0.5, 0.6) is 5.88 Å². The third kappa shape index (κ3) is 5.05. The number of hydrogen-bond acceptors (Lipinski definition) is 7. The largest absolute Gasteiger partial charge is 0.475 e. The van der Waals surface area contributed by atoms with Crippen LogP contribution < -0.4 is 10.1 Å². The summed E-state index contributed by atoms with van der Waals surface area (Å²) < 4.78 is 10.8. The Morgan fingerprint density at radius 2 is 1.96 bits per heavy atom. The number of ether oxygens (including phenoxy) is 2. The summed E-state index contributed by atoms with van der Waals surface area (Å²) in [5, 5.41) is 14.0. The molecule has 1 fully saturated rings. The van der Waals surface area contributed by atoms with E-state index in [0.717, 1.165) is 61.5 Å². The van der Waals surface area contributed by atoms with E-state index < -0.39 is 0 Å². The van der Waals surface area contributed by atoms with Gasteiger partial charge in [-0.2, -0.15) is 0 Å². The van der Waals surface area contributed by atoms with Crippen LogP contribution in [-0.4, -0.2) is 53.0 Å². The molecule has 148 valence electrons. The van der Waals surface area contributed by atoms with Gasteiger partial charge in [0.05, 0.1) is 23.6 Å². The van der Waals surface area contributed by atoms with Gasteiger partial charge in [0.25, 0.3) is 0 Å². The summed E-state index contributed by atoms with van der Waals surface area (Å²) in [5.74, 6) is 1.54. The molecule has 2 heterocycles. The van der Waals surface area contributed by atoms with Gasteiger partial charge in [-0.15, -0.1) is 0 Å². The second-order valence-electron chi connectivity index (χ2n) is 7.10. The van der Waals surface area contributed by atoms with E-state index >= 15 is 0 Å². The number of rotatable bonds is 9. The summed E-state index contributed by atoms with van der Waals surface area (Å²) in [7, 11) is 1.65. The minimum absolute atomic E-state index is 0.182. The van der Waals surface area contributed by atoms with Crippen LogP contribution in [-0.2, 0) is 4.74 Å². The number of aromatic nitrogens is 3. The number of methoxy groups -OCH3 is 1. The molecule has 0 aliphatic heterocycles. The van der Waals surface area contributed by atoms with Crippen LogP contribution in [0.1, 0.15) is 56.9 Å². The van der Waals surface area contributed by atoms with E-state index in [1.165, 1.54) is 0 Å². The molecule has 7 heteroatoms. The average Bonchev–Trinajstić information content (AvgIpc) is 2.69. The van der Waals surface area contributed by atoms with Crippen molar-refractivity contribution in [3.05, 3.63) is 18.0 Å². The smallest absolute Gasteiger partial charge is 0.224 e. The maximum atomic E-state index is 9.83. The van der Waals surface area contributed by atoms with Crippen LogP contribution in [0.4, 0.5) is 5.95 Å². The first-order chi connectivity index (χ1) is 13.2. The first-order valence-corrected chi connectivity index (χ1v) is 9.92. The monoisotopic (exact) mass is 374 g/mol. The summed E-state index contributed by atoms with van der Waals surface area (Å²) in [5.41, 5.74) is 2.02. The molecule has 2 aromatic heterocycles. The Morgan fingerprint density at radius 3 is 2.70 bits per heavy atom. The van der Waals surface area contributed by atoms with Crippen molar-refractivity contribution in [2.24, 2.45) is 0 Å². The van der Waals surface area contributed by atoms with E-state index in [4.69, 9.17) is 14.5 Å². The molecule has 0 saturated heterocycles. The lowest BCUT2D eigenvalue weighted by Gasteiger charge is -2.26. The van der Waals surface area contributed by atoms with E-state index in [9.17, 15) is 5.11 Å². The minimum Gasteiger partial charge on any atom is -0.475 e. The van der Waals surface area contributed by atoms with E-state index in [-0.39, 0.29) is 6.10 Å². The van der Waals surface area contributed by atoms with Crippen molar-refractivity contribution in [2.45, 2.75) is 57.5 Å². The fourth-order valence-electron chi connectivity index (χ4n) is 3.50. The van der Waals surface area contributed by atoms with Crippen molar-refractivity contribution < 1.29 is 14.6 Å². The Morgan fingerprint density at radius 1 is 1.15 bits per heavy atom. The highest BCUT2D eigenvalue weighted by Crippen LogP contribution is 2.37. The summed E-state index contributed by atoms with van der Waals surface area (Å²) >= 11 is 0.